The predicted octanol–water partition coefficient (Wildman–Crippen LogP) is 3.34. The Kier molecular flexibility index (Phi) is 5.05. The summed E-state index contributed by atoms with van der Waals surface area (Å²) in [5.74, 6) is 2.22. The number of likely N-dealkylation sites (N-methyl/N-ethyl adjacent to an activating group) is 1. The van der Waals surface area contributed by atoms with E-state index in [0.29, 0.717) is 5.95 Å². The number of hydrogen-bond acceptors (Lipinski definition) is 6. The fourth-order valence-electron chi connectivity index (χ4n) is 4.17. The van der Waals surface area contributed by atoms with E-state index in [1.807, 2.05) is 59.2 Å². The SMILES string of the molecule is CCC1C(C=O)N(C)c2cnc(-n3ccnc3-c3ccccc3)nc2N1C(C)C. The molecule has 1 aliphatic rings. The third-order valence-electron chi connectivity index (χ3n) is 5.56. The molecule has 7 heteroatoms. The van der Waals surface area contributed by atoms with Crippen LogP contribution in [0.1, 0.15) is 27.2 Å². The van der Waals surface area contributed by atoms with E-state index >= 15 is 0 Å². The van der Waals surface area contributed by atoms with Crippen LogP contribution in [0.5, 0.6) is 0 Å². The van der Waals surface area contributed by atoms with Crippen LogP contribution in [-0.2, 0) is 4.79 Å². The summed E-state index contributed by atoms with van der Waals surface area (Å²) in [6, 6.07) is 10.0. The van der Waals surface area contributed by atoms with Crippen LogP contribution in [0.15, 0.2) is 48.9 Å². The first-order valence-corrected chi connectivity index (χ1v) is 9.99. The average molecular weight is 390 g/mol. The lowest BCUT2D eigenvalue weighted by atomic mass is 9.98. The third kappa shape index (κ3) is 3.16. The van der Waals surface area contributed by atoms with Crippen molar-refractivity contribution in [3.63, 3.8) is 0 Å². The summed E-state index contributed by atoms with van der Waals surface area (Å²) in [6.07, 6.45) is 7.33. The Labute approximate surface area is 171 Å². The summed E-state index contributed by atoms with van der Waals surface area (Å²) in [4.78, 5) is 30.2. The van der Waals surface area contributed by atoms with Crippen LogP contribution in [0.4, 0.5) is 11.5 Å². The molecule has 0 spiro atoms. The number of nitrogens with zero attached hydrogens (tertiary/aromatic N) is 6. The molecule has 0 saturated carbocycles. The summed E-state index contributed by atoms with van der Waals surface area (Å²) in [5, 5.41) is 0. The van der Waals surface area contributed by atoms with Gasteiger partial charge in [-0.15, -0.1) is 0 Å². The molecule has 1 aromatic carbocycles. The number of rotatable bonds is 5. The molecule has 3 heterocycles. The highest BCUT2D eigenvalue weighted by Crippen LogP contribution is 2.38. The summed E-state index contributed by atoms with van der Waals surface area (Å²) in [7, 11) is 1.94. The number of aromatic nitrogens is 4. The number of benzene rings is 1. The Bertz CT molecular complexity index is 1000. The van der Waals surface area contributed by atoms with E-state index < -0.39 is 0 Å². The zero-order valence-corrected chi connectivity index (χ0v) is 17.2. The maximum Gasteiger partial charge on any atom is 0.237 e. The molecule has 0 aliphatic carbocycles. The fourth-order valence-corrected chi connectivity index (χ4v) is 4.17. The Morgan fingerprint density at radius 1 is 1.17 bits per heavy atom. The Morgan fingerprint density at radius 2 is 1.93 bits per heavy atom. The molecule has 0 radical (unpaired) electrons. The van der Waals surface area contributed by atoms with Crippen LogP contribution >= 0.6 is 0 Å². The summed E-state index contributed by atoms with van der Waals surface area (Å²) in [5.41, 5.74) is 1.87. The number of hydrogen-bond donors (Lipinski definition) is 0. The first-order chi connectivity index (χ1) is 14.1. The third-order valence-corrected chi connectivity index (χ3v) is 5.56. The second-order valence-electron chi connectivity index (χ2n) is 7.58. The van der Waals surface area contributed by atoms with Crippen LogP contribution in [0, 0.1) is 0 Å². The van der Waals surface area contributed by atoms with Crippen molar-refractivity contribution in [2.24, 2.45) is 0 Å². The van der Waals surface area contributed by atoms with Crippen molar-refractivity contribution in [3.8, 4) is 17.3 Å². The van der Waals surface area contributed by atoms with Crippen LogP contribution in [0.25, 0.3) is 17.3 Å². The maximum absolute atomic E-state index is 11.9. The minimum atomic E-state index is -0.225. The molecular weight excluding hydrogens is 364 g/mol. The number of anilines is 2. The zero-order chi connectivity index (χ0) is 20.5. The predicted molar refractivity (Wildman–Crippen MR) is 115 cm³/mol. The number of imidazole rings is 1. The summed E-state index contributed by atoms with van der Waals surface area (Å²) < 4.78 is 1.90. The van der Waals surface area contributed by atoms with E-state index in [1.54, 1.807) is 6.20 Å². The minimum absolute atomic E-state index is 0.0594. The van der Waals surface area contributed by atoms with E-state index in [0.717, 1.165) is 35.6 Å². The molecule has 0 bridgehead atoms. The number of carbonyl (C=O) groups excluding carboxylic acids is 1. The van der Waals surface area contributed by atoms with Crippen molar-refractivity contribution in [3.05, 3.63) is 48.9 Å². The molecule has 2 unspecified atom stereocenters. The monoisotopic (exact) mass is 390 g/mol. The van der Waals surface area contributed by atoms with Crippen LogP contribution in [-0.4, -0.2) is 51.0 Å². The molecule has 150 valence electrons. The van der Waals surface area contributed by atoms with Crippen LogP contribution < -0.4 is 9.80 Å². The summed E-state index contributed by atoms with van der Waals surface area (Å²) in [6.45, 7) is 6.38. The van der Waals surface area contributed by atoms with Gasteiger partial charge in [-0.05, 0) is 20.3 Å². The van der Waals surface area contributed by atoms with Crippen molar-refractivity contribution in [2.45, 2.75) is 45.3 Å². The Balaban J connectivity index is 1.85. The maximum atomic E-state index is 11.9. The van der Waals surface area contributed by atoms with Crippen molar-refractivity contribution in [1.29, 1.82) is 0 Å². The first-order valence-electron chi connectivity index (χ1n) is 9.99. The van der Waals surface area contributed by atoms with Gasteiger partial charge in [-0.3, -0.25) is 4.57 Å². The molecule has 2 aromatic heterocycles. The molecule has 0 amide bonds. The van der Waals surface area contributed by atoms with Crippen molar-refractivity contribution in [2.75, 3.05) is 16.8 Å². The van der Waals surface area contributed by atoms with Gasteiger partial charge in [0.25, 0.3) is 0 Å². The molecule has 0 N–H and O–H groups in total. The highest BCUT2D eigenvalue weighted by molar-refractivity contribution is 5.79. The second kappa shape index (κ2) is 7.66. The van der Waals surface area contributed by atoms with Crippen molar-refractivity contribution in [1.82, 2.24) is 19.5 Å². The van der Waals surface area contributed by atoms with Gasteiger partial charge in [0.1, 0.15) is 18.2 Å². The topological polar surface area (TPSA) is 67.2 Å². The molecule has 0 fully saturated rings. The van der Waals surface area contributed by atoms with Gasteiger partial charge in [-0.2, -0.15) is 4.98 Å². The largest absolute Gasteiger partial charge is 0.359 e. The Morgan fingerprint density at radius 3 is 2.59 bits per heavy atom. The van der Waals surface area contributed by atoms with Gasteiger partial charge in [-0.25, -0.2) is 9.97 Å². The van der Waals surface area contributed by atoms with Crippen LogP contribution in [0.2, 0.25) is 0 Å². The number of carbonyl (C=O) groups is 1. The van der Waals surface area contributed by atoms with Gasteiger partial charge >= 0.3 is 0 Å². The average Bonchev–Trinajstić information content (AvgIpc) is 3.23. The molecule has 3 aromatic rings. The molecular formula is C22H26N6O. The quantitative estimate of drug-likeness (QED) is 0.623. The normalized spacial score (nSPS) is 18.8. The molecule has 0 saturated heterocycles. The van der Waals surface area contributed by atoms with Gasteiger partial charge in [0, 0.05) is 31.0 Å². The van der Waals surface area contributed by atoms with E-state index in [9.17, 15) is 4.79 Å². The number of aldehydes is 1. The van der Waals surface area contributed by atoms with Gasteiger partial charge in [0.05, 0.1) is 17.9 Å². The number of fused-ring (bicyclic) bond motifs is 1. The van der Waals surface area contributed by atoms with E-state index in [1.165, 1.54) is 0 Å². The summed E-state index contributed by atoms with van der Waals surface area (Å²) >= 11 is 0. The lowest BCUT2D eigenvalue weighted by Gasteiger charge is -2.47. The van der Waals surface area contributed by atoms with E-state index in [2.05, 4.69) is 35.6 Å². The van der Waals surface area contributed by atoms with Crippen molar-refractivity contribution >= 4 is 17.8 Å². The lowest BCUT2D eigenvalue weighted by Crippen LogP contribution is -2.58. The van der Waals surface area contributed by atoms with E-state index in [-0.39, 0.29) is 18.1 Å². The minimum Gasteiger partial charge on any atom is -0.359 e. The van der Waals surface area contributed by atoms with Gasteiger partial charge in [0.15, 0.2) is 5.82 Å². The Hall–Kier alpha value is -3.22. The second-order valence-corrected chi connectivity index (χ2v) is 7.58. The first kappa shape index (κ1) is 19.1. The molecule has 7 nitrogen and oxygen atoms in total. The molecule has 4 rings (SSSR count). The highest BCUT2D eigenvalue weighted by atomic mass is 16.1. The van der Waals surface area contributed by atoms with Gasteiger partial charge < -0.3 is 14.6 Å². The van der Waals surface area contributed by atoms with Crippen LogP contribution in [0.3, 0.4) is 0 Å². The molecule has 1 aliphatic heterocycles. The zero-order valence-electron chi connectivity index (χ0n) is 17.2. The smallest absolute Gasteiger partial charge is 0.237 e. The molecule has 29 heavy (non-hydrogen) atoms. The fraction of sp³-hybridized carbons (Fsp3) is 0.364. The van der Waals surface area contributed by atoms with Gasteiger partial charge in [0.2, 0.25) is 5.95 Å². The van der Waals surface area contributed by atoms with E-state index in [4.69, 9.17) is 4.98 Å². The molecule has 2 atom stereocenters. The lowest BCUT2D eigenvalue weighted by molar-refractivity contribution is -0.109. The van der Waals surface area contributed by atoms with Gasteiger partial charge in [-0.1, -0.05) is 37.3 Å². The highest BCUT2D eigenvalue weighted by Gasteiger charge is 2.39. The van der Waals surface area contributed by atoms with Crippen molar-refractivity contribution < 1.29 is 4.79 Å². The standard InChI is InChI=1S/C22H26N6O/c1-5-17-19(14-29)26(4)18-13-24-22(25-21(18)28(17)15(2)3)27-12-11-23-20(27)16-9-7-6-8-10-16/h6-15,17,19H,5H2,1-4H3.